The molecule has 2 heterocycles. The molecule has 0 saturated heterocycles. The van der Waals surface area contributed by atoms with Crippen LogP contribution in [0.25, 0.3) is 11.4 Å². The van der Waals surface area contributed by atoms with E-state index in [1.807, 2.05) is 44.2 Å². The molecule has 154 valence electrons. The van der Waals surface area contributed by atoms with Crippen LogP contribution in [0.1, 0.15) is 17.7 Å². The molecule has 0 fully saturated rings. The lowest BCUT2D eigenvalue weighted by atomic mass is 10.2. The number of rotatable bonds is 9. The monoisotopic (exact) mass is 413 g/mol. The minimum absolute atomic E-state index is 0.0619. The zero-order chi connectivity index (χ0) is 20.8. The highest BCUT2D eigenvalue weighted by molar-refractivity contribution is 7.99. The number of para-hydroxylation sites is 1. The number of carbonyl (C=O) groups excluding carboxylic acids is 1. The number of benzene rings is 1. The van der Waals surface area contributed by atoms with Crippen molar-refractivity contribution in [2.45, 2.75) is 32.0 Å². The average Bonchev–Trinajstić information content (AvgIpc) is 3.27. The van der Waals surface area contributed by atoms with Gasteiger partial charge in [0, 0.05) is 12.2 Å². The standard InChI is InChI=1S/C21H27N5O2S/c1-15-8-5-6-9-18(15)22-19(27)14-29-21-24-23-20(17-10-13-28-16(17)2)26(21)12-7-11-25(3)4/h5-6,8-10,13H,7,11-12,14H2,1-4H3,(H,22,27). The maximum atomic E-state index is 12.4. The van der Waals surface area contributed by atoms with Crippen LogP contribution in [0, 0.1) is 13.8 Å². The lowest BCUT2D eigenvalue weighted by Gasteiger charge is -2.13. The minimum atomic E-state index is -0.0619. The summed E-state index contributed by atoms with van der Waals surface area (Å²) >= 11 is 1.40. The summed E-state index contributed by atoms with van der Waals surface area (Å²) in [7, 11) is 4.11. The fourth-order valence-electron chi connectivity index (χ4n) is 2.99. The molecular weight excluding hydrogens is 386 g/mol. The van der Waals surface area contributed by atoms with E-state index in [2.05, 4.69) is 39.1 Å². The first-order chi connectivity index (χ1) is 14.0. The van der Waals surface area contributed by atoms with Crippen molar-refractivity contribution in [1.82, 2.24) is 19.7 Å². The Morgan fingerprint density at radius 2 is 2.00 bits per heavy atom. The van der Waals surface area contributed by atoms with Crippen LogP contribution in [0.2, 0.25) is 0 Å². The van der Waals surface area contributed by atoms with Crippen LogP contribution in [0.5, 0.6) is 0 Å². The van der Waals surface area contributed by atoms with Crippen LogP contribution < -0.4 is 5.32 Å². The van der Waals surface area contributed by atoms with Gasteiger partial charge in [-0.25, -0.2) is 0 Å². The molecule has 0 aliphatic rings. The van der Waals surface area contributed by atoms with Crippen molar-refractivity contribution in [3.8, 4) is 11.4 Å². The van der Waals surface area contributed by atoms with Gasteiger partial charge in [-0.15, -0.1) is 10.2 Å². The molecule has 0 unspecified atom stereocenters. The van der Waals surface area contributed by atoms with Crippen molar-refractivity contribution < 1.29 is 9.21 Å². The quantitative estimate of drug-likeness (QED) is 0.537. The van der Waals surface area contributed by atoms with Crippen LogP contribution in [-0.4, -0.2) is 52.0 Å². The van der Waals surface area contributed by atoms with E-state index in [9.17, 15) is 4.79 Å². The molecule has 8 heteroatoms. The molecule has 1 aromatic carbocycles. The summed E-state index contributed by atoms with van der Waals surface area (Å²) in [6.45, 7) is 5.62. The highest BCUT2D eigenvalue weighted by atomic mass is 32.2. The molecule has 3 aromatic rings. The topological polar surface area (TPSA) is 76.2 Å². The molecule has 0 spiro atoms. The van der Waals surface area contributed by atoms with E-state index in [-0.39, 0.29) is 11.7 Å². The third-order valence-corrected chi connectivity index (χ3v) is 5.52. The number of aryl methyl sites for hydroxylation is 2. The summed E-state index contributed by atoms with van der Waals surface area (Å²) in [5, 5.41) is 12.4. The van der Waals surface area contributed by atoms with Crippen molar-refractivity contribution in [1.29, 1.82) is 0 Å². The molecule has 0 saturated carbocycles. The van der Waals surface area contributed by atoms with E-state index >= 15 is 0 Å². The van der Waals surface area contributed by atoms with E-state index in [1.54, 1.807) is 6.26 Å². The van der Waals surface area contributed by atoms with E-state index in [0.717, 1.165) is 53.1 Å². The Morgan fingerprint density at radius 1 is 1.21 bits per heavy atom. The Balaban J connectivity index is 1.72. The van der Waals surface area contributed by atoms with Crippen LogP contribution in [0.4, 0.5) is 5.69 Å². The first-order valence-corrected chi connectivity index (χ1v) is 10.5. The highest BCUT2D eigenvalue weighted by Gasteiger charge is 2.18. The lowest BCUT2D eigenvalue weighted by Crippen LogP contribution is -2.17. The summed E-state index contributed by atoms with van der Waals surface area (Å²) in [5.74, 6) is 1.79. The van der Waals surface area contributed by atoms with Gasteiger partial charge in [-0.1, -0.05) is 30.0 Å². The molecule has 0 atom stereocenters. The molecule has 0 aliphatic carbocycles. The van der Waals surface area contributed by atoms with Crippen molar-refractivity contribution in [3.05, 3.63) is 47.9 Å². The van der Waals surface area contributed by atoms with E-state index < -0.39 is 0 Å². The van der Waals surface area contributed by atoms with Gasteiger partial charge in [-0.05, 0) is 58.6 Å². The van der Waals surface area contributed by atoms with Crippen LogP contribution in [-0.2, 0) is 11.3 Å². The van der Waals surface area contributed by atoms with E-state index in [1.165, 1.54) is 11.8 Å². The number of aromatic nitrogens is 3. The molecule has 7 nitrogen and oxygen atoms in total. The van der Waals surface area contributed by atoms with Crippen LogP contribution >= 0.6 is 11.8 Å². The second-order valence-corrected chi connectivity index (χ2v) is 8.10. The maximum absolute atomic E-state index is 12.4. The Labute approximate surface area is 175 Å². The lowest BCUT2D eigenvalue weighted by molar-refractivity contribution is -0.113. The smallest absolute Gasteiger partial charge is 0.234 e. The minimum Gasteiger partial charge on any atom is -0.469 e. The molecule has 1 amide bonds. The predicted molar refractivity (Wildman–Crippen MR) is 116 cm³/mol. The second kappa shape index (κ2) is 9.76. The van der Waals surface area contributed by atoms with Crippen LogP contribution in [0.15, 0.2) is 46.2 Å². The number of carbonyl (C=O) groups is 1. The summed E-state index contributed by atoms with van der Waals surface area (Å²) in [5.41, 5.74) is 2.80. The first kappa shape index (κ1) is 21.1. The number of amides is 1. The number of furan rings is 1. The van der Waals surface area contributed by atoms with Gasteiger partial charge in [0.15, 0.2) is 11.0 Å². The Bertz CT molecular complexity index is 964. The van der Waals surface area contributed by atoms with Gasteiger partial charge in [0.25, 0.3) is 0 Å². The number of thioether (sulfide) groups is 1. The molecule has 1 N–H and O–H groups in total. The first-order valence-electron chi connectivity index (χ1n) is 9.56. The Morgan fingerprint density at radius 3 is 2.69 bits per heavy atom. The van der Waals surface area contributed by atoms with Crippen molar-refractivity contribution in [3.63, 3.8) is 0 Å². The molecule has 3 rings (SSSR count). The van der Waals surface area contributed by atoms with Crippen molar-refractivity contribution >= 4 is 23.4 Å². The number of anilines is 1. The average molecular weight is 414 g/mol. The fourth-order valence-corrected chi connectivity index (χ4v) is 3.75. The highest BCUT2D eigenvalue weighted by Crippen LogP contribution is 2.27. The zero-order valence-corrected chi connectivity index (χ0v) is 18.1. The van der Waals surface area contributed by atoms with E-state index in [0.29, 0.717) is 0 Å². The van der Waals surface area contributed by atoms with Gasteiger partial charge in [-0.2, -0.15) is 0 Å². The third-order valence-electron chi connectivity index (χ3n) is 4.56. The zero-order valence-electron chi connectivity index (χ0n) is 17.3. The summed E-state index contributed by atoms with van der Waals surface area (Å²) < 4.78 is 7.52. The van der Waals surface area contributed by atoms with E-state index in [4.69, 9.17) is 4.42 Å². The fraction of sp³-hybridized carbons (Fsp3) is 0.381. The summed E-state index contributed by atoms with van der Waals surface area (Å²) in [6.07, 6.45) is 2.61. The number of nitrogens with zero attached hydrogens (tertiary/aromatic N) is 4. The molecular formula is C21H27N5O2S. The van der Waals surface area contributed by atoms with Crippen molar-refractivity contribution in [2.24, 2.45) is 0 Å². The van der Waals surface area contributed by atoms with Gasteiger partial charge in [0.2, 0.25) is 5.91 Å². The SMILES string of the molecule is Cc1ccccc1NC(=O)CSc1nnc(-c2ccoc2C)n1CCCN(C)C. The second-order valence-electron chi connectivity index (χ2n) is 7.16. The van der Waals surface area contributed by atoms with Crippen molar-refractivity contribution in [2.75, 3.05) is 31.7 Å². The van der Waals surface area contributed by atoms with Gasteiger partial charge >= 0.3 is 0 Å². The largest absolute Gasteiger partial charge is 0.469 e. The number of hydrogen-bond acceptors (Lipinski definition) is 6. The molecule has 0 radical (unpaired) electrons. The van der Waals surface area contributed by atoms with Gasteiger partial charge < -0.3 is 19.2 Å². The van der Waals surface area contributed by atoms with Gasteiger partial charge in [0.1, 0.15) is 5.76 Å². The third kappa shape index (κ3) is 5.48. The van der Waals surface area contributed by atoms with Crippen LogP contribution in [0.3, 0.4) is 0 Å². The Hall–Kier alpha value is -2.58. The van der Waals surface area contributed by atoms with Gasteiger partial charge in [-0.3, -0.25) is 4.79 Å². The molecule has 0 bridgehead atoms. The molecule has 2 aromatic heterocycles. The van der Waals surface area contributed by atoms with Gasteiger partial charge in [0.05, 0.1) is 17.6 Å². The molecule has 29 heavy (non-hydrogen) atoms. The summed E-state index contributed by atoms with van der Waals surface area (Å²) in [6, 6.07) is 9.65. The number of hydrogen-bond donors (Lipinski definition) is 1. The normalized spacial score (nSPS) is 11.2. The summed E-state index contributed by atoms with van der Waals surface area (Å²) in [4.78, 5) is 14.6. The number of nitrogens with one attached hydrogen (secondary N) is 1. The predicted octanol–water partition coefficient (Wildman–Crippen LogP) is 3.84. The molecule has 0 aliphatic heterocycles. The maximum Gasteiger partial charge on any atom is 0.234 e. The Kier molecular flexibility index (Phi) is 7.11.